The minimum atomic E-state index is 0.0533. The first-order valence-electron chi connectivity index (χ1n) is 10.1. The fraction of sp³-hybridized carbons (Fsp3) is 0.478. The van der Waals surface area contributed by atoms with Gasteiger partial charge in [0, 0.05) is 10.7 Å². The molecule has 1 aliphatic rings. The summed E-state index contributed by atoms with van der Waals surface area (Å²) >= 11 is 5.90. The Labute approximate surface area is 168 Å². The highest BCUT2D eigenvalue weighted by Crippen LogP contribution is 2.26. The van der Waals surface area contributed by atoms with Crippen molar-refractivity contribution in [3.8, 4) is 11.5 Å². The third-order valence-corrected chi connectivity index (χ3v) is 5.37. The van der Waals surface area contributed by atoms with Crippen LogP contribution < -0.4 is 14.8 Å². The van der Waals surface area contributed by atoms with Crippen LogP contribution in [0.3, 0.4) is 0 Å². The van der Waals surface area contributed by atoms with Gasteiger partial charge in [-0.05, 0) is 67.8 Å². The Morgan fingerprint density at radius 2 is 1.63 bits per heavy atom. The highest BCUT2D eigenvalue weighted by Gasteiger charge is 2.13. The van der Waals surface area contributed by atoms with Gasteiger partial charge in [-0.15, -0.1) is 0 Å². The lowest BCUT2D eigenvalue weighted by Gasteiger charge is -2.21. The molecule has 0 spiro atoms. The van der Waals surface area contributed by atoms with E-state index in [-0.39, 0.29) is 6.10 Å². The Bertz CT molecular complexity index is 666. The average molecular weight is 388 g/mol. The van der Waals surface area contributed by atoms with E-state index in [0.717, 1.165) is 36.3 Å². The van der Waals surface area contributed by atoms with E-state index in [1.54, 1.807) is 0 Å². The van der Waals surface area contributed by atoms with E-state index in [1.807, 2.05) is 43.3 Å². The molecule has 0 amide bonds. The molecule has 146 valence electrons. The van der Waals surface area contributed by atoms with Crippen molar-refractivity contribution >= 4 is 17.3 Å². The first-order valence-corrected chi connectivity index (χ1v) is 10.5. The maximum absolute atomic E-state index is 5.91. The summed E-state index contributed by atoms with van der Waals surface area (Å²) in [5.74, 6) is 2.64. The molecule has 4 heteroatoms. The van der Waals surface area contributed by atoms with E-state index in [4.69, 9.17) is 21.1 Å². The third-order valence-electron chi connectivity index (χ3n) is 5.12. The zero-order chi connectivity index (χ0) is 18.9. The molecule has 0 radical (unpaired) electrons. The number of ether oxygens (including phenoxy) is 2. The summed E-state index contributed by atoms with van der Waals surface area (Å²) in [6, 6.07) is 15.6. The Balaban J connectivity index is 1.36. The predicted octanol–water partition coefficient (Wildman–Crippen LogP) is 6.57. The summed E-state index contributed by atoms with van der Waals surface area (Å²) < 4.78 is 11.8. The van der Waals surface area contributed by atoms with Crippen LogP contribution in [0.4, 0.5) is 5.69 Å². The minimum absolute atomic E-state index is 0.0533. The molecule has 1 unspecified atom stereocenters. The van der Waals surface area contributed by atoms with E-state index in [2.05, 4.69) is 17.4 Å². The molecular weight excluding hydrogens is 358 g/mol. The van der Waals surface area contributed by atoms with Crippen molar-refractivity contribution in [3.63, 3.8) is 0 Å². The van der Waals surface area contributed by atoms with Crippen LogP contribution in [-0.2, 0) is 0 Å². The Morgan fingerprint density at radius 3 is 2.33 bits per heavy atom. The lowest BCUT2D eigenvalue weighted by atomic mass is 9.87. The molecule has 27 heavy (non-hydrogen) atoms. The highest BCUT2D eigenvalue weighted by atomic mass is 35.5. The molecule has 1 saturated carbocycles. The first-order chi connectivity index (χ1) is 13.2. The van der Waals surface area contributed by atoms with Gasteiger partial charge in [0.1, 0.15) is 17.6 Å². The fourth-order valence-electron chi connectivity index (χ4n) is 3.54. The molecule has 1 atom stereocenters. The number of rotatable bonds is 9. The van der Waals surface area contributed by atoms with E-state index in [1.165, 1.54) is 38.5 Å². The van der Waals surface area contributed by atoms with Gasteiger partial charge in [-0.1, -0.05) is 43.7 Å². The van der Waals surface area contributed by atoms with E-state index in [9.17, 15) is 0 Å². The van der Waals surface area contributed by atoms with Gasteiger partial charge in [-0.25, -0.2) is 0 Å². The topological polar surface area (TPSA) is 30.5 Å². The second-order valence-corrected chi connectivity index (χ2v) is 7.87. The zero-order valence-electron chi connectivity index (χ0n) is 16.1. The van der Waals surface area contributed by atoms with Crippen LogP contribution >= 0.6 is 11.6 Å². The minimum Gasteiger partial charge on any atom is -0.494 e. The second-order valence-electron chi connectivity index (χ2n) is 7.43. The predicted molar refractivity (Wildman–Crippen MR) is 113 cm³/mol. The molecule has 3 nitrogen and oxygen atoms in total. The van der Waals surface area contributed by atoms with Crippen LogP contribution in [0, 0.1) is 5.92 Å². The highest BCUT2D eigenvalue weighted by molar-refractivity contribution is 6.30. The van der Waals surface area contributed by atoms with Crippen molar-refractivity contribution in [1.82, 2.24) is 0 Å². The van der Waals surface area contributed by atoms with Crippen molar-refractivity contribution in [2.75, 3.05) is 18.5 Å². The summed E-state index contributed by atoms with van der Waals surface area (Å²) in [6.07, 6.45) is 8.19. The van der Waals surface area contributed by atoms with Crippen LogP contribution in [0.1, 0.15) is 45.4 Å². The normalized spacial score (nSPS) is 15.9. The number of hydrogen-bond acceptors (Lipinski definition) is 3. The van der Waals surface area contributed by atoms with Gasteiger partial charge in [0.05, 0.1) is 13.2 Å². The standard InChI is InChI=1S/C23H30ClNO2/c1-18(27-23-11-7-20(24)8-12-23)17-25-21-9-13-22(14-10-21)26-16-15-19-5-3-2-4-6-19/h7-14,18-19,25H,2-6,15-17H2,1H3. The van der Waals surface area contributed by atoms with Gasteiger partial charge in [0.25, 0.3) is 0 Å². The fourth-order valence-corrected chi connectivity index (χ4v) is 3.66. The van der Waals surface area contributed by atoms with Gasteiger partial charge in [0.2, 0.25) is 0 Å². The molecule has 0 aliphatic heterocycles. The summed E-state index contributed by atoms with van der Waals surface area (Å²) in [4.78, 5) is 0. The molecule has 0 heterocycles. The number of anilines is 1. The summed E-state index contributed by atoms with van der Waals surface area (Å²) in [5.41, 5.74) is 1.07. The molecule has 3 rings (SSSR count). The zero-order valence-corrected chi connectivity index (χ0v) is 16.9. The SMILES string of the molecule is CC(CNc1ccc(OCCC2CCCCC2)cc1)Oc1ccc(Cl)cc1. The van der Waals surface area contributed by atoms with Gasteiger partial charge in [-0.3, -0.25) is 0 Å². The summed E-state index contributed by atoms with van der Waals surface area (Å²) in [6.45, 7) is 3.60. The molecule has 2 aromatic rings. The monoisotopic (exact) mass is 387 g/mol. The van der Waals surface area contributed by atoms with Gasteiger partial charge in [0.15, 0.2) is 0 Å². The molecule has 1 N–H and O–H groups in total. The molecule has 0 aromatic heterocycles. The largest absolute Gasteiger partial charge is 0.494 e. The summed E-state index contributed by atoms with van der Waals surface area (Å²) in [5, 5.41) is 4.12. The first kappa shape index (κ1) is 19.9. The number of hydrogen-bond donors (Lipinski definition) is 1. The maximum Gasteiger partial charge on any atom is 0.119 e. The van der Waals surface area contributed by atoms with Crippen molar-refractivity contribution in [3.05, 3.63) is 53.6 Å². The van der Waals surface area contributed by atoms with Crippen LogP contribution in [-0.4, -0.2) is 19.3 Å². The number of benzene rings is 2. The summed E-state index contributed by atoms with van der Waals surface area (Å²) in [7, 11) is 0. The van der Waals surface area contributed by atoms with Gasteiger partial charge < -0.3 is 14.8 Å². The van der Waals surface area contributed by atoms with Crippen LogP contribution in [0.25, 0.3) is 0 Å². The Hall–Kier alpha value is -1.87. The number of nitrogens with one attached hydrogen (secondary N) is 1. The molecule has 1 aliphatic carbocycles. The van der Waals surface area contributed by atoms with Gasteiger partial charge >= 0.3 is 0 Å². The van der Waals surface area contributed by atoms with E-state index < -0.39 is 0 Å². The van der Waals surface area contributed by atoms with Crippen molar-refractivity contribution in [2.45, 2.75) is 51.6 Å². The van der Waals surface area contributed by atoms with Crippen LogP contribution in [0.5, 0.6) is 11.5 Å². The van der Waals surface area contributed by atoms with Crippen molar-refractivity contribution < 1.29 is 9.47 Å². The Morgan fingerprint density at radius 1 is 0.963 bits per heavy atom. The molecule has 1 fully saturated rings. The Kier molecular flexibility index (Phi) is 7.70. The second kappa shape index (κ2) is 10.5. The number of halogens is 1. The van der Waals surface area contributed by atoms with Crippen LogP contribution in [0.15, 0.2) is 48.5 Å². The lowest BCUT2D eigenvalue weighted by Crippen LogP contribution is -2.22. The maximum atomic E-state index is 5.91. The van der Waals surface area contributed by atoms with Crippen LogP contribution in [0.2, 0.25) is 5.02 Å². The van der Waals surface area contributed by atoms with Crippen molar-refractivity contribution in [2.24, 2.45) is 5.92 Å². The molecular formula is C23H30ClNO2. The quantitative estimate of drug-likeness (QED) is 0.527. The lowest BCUT2D eigenvalue weighted by molar-refractivity contribution is 0.235. The van der Waals surface area contributed by atoms with Gasteiger partial charge in [-0.2, -0.15) is 0 Å². The van der Waals surface area contributed by atoms with E-state index in [0.29, 0.717) is 5.02 Å². The smallest absolute Gasteiger partial charge is 0.119 e. The molecule has 0 bridgehead atoms. The van der Waals surface area contributed by atoms with Crippen molar-refractivity contribution in [1.29, 1.82) is 0 Å². The molecule has 0 saturated heterocycles. The third kappa shape index (κ3) is 6.99. The average Bonchev–Trinajstić information content (AvgIpc) is 2.70. The molecule has 2 aromatic carbocycles. The van der Waals surface area contributed by atoms with E-state index >= 15 is 0 Å².